The molecule has 6 nitrogen and oxygen atoms in total. The van der Waals surface area contributed by atoms with Gasteiger partial charge in [-0.3, -0.25) is 9.69 Å². The minimum atomic E-state index is -4.48. The van der Waals surface area contributed by atoms with Gasteiger partial charge in [-0.1, -0.05) is 24.3 Å². The van der Waals surface area contributed by atoms with Gasteiger partial charge in [0.25, 0.3) is 5.91 Å². The second kappa shape index (κ2) is 10.2. The van der Waals surface area contributed by atoms with Crippen molar-refractivity contribution in [2.75, 3.05) is 26.2 Å². The van der Waals surface area contributed by atoms with E-state index in [1.54, 1.807) is 11.0 Å². The Balaban J connectivity index is 1.28. The van der Waals surface area contributed by atoms with Crippen LogP contribution in [0.25, 0.3) is 0 Å². The molecule has 192 valence electrons. The van der Waals surface area contributed by atoms with Crippen LogP contribution in [-0.2, 0) is 25.6 Å². The number of alkyl halides is 6. The van der Waals surface area contributed by atoms with Gasteiger partial charge in [0.1, 0.15) is 5.75 Å². The van der Waals surface area contributed by atoms with E-state index in [0.717, 1.165) is 24.3 Å². The predicted octanol–water partition coefficient (Wildman–Crippen LogP) is 4.92. The normalized spacial score (nSPS) is 15.2. The van der Waals surface area contributed by atoms with E-state index >= 15 is 0 Å². The molecule has 1 aromatic heterocycles. The van der Waals surface area contributed by atoms with Crippen LogP contribution in [0.3, 0.4) is 0 Å². The first-order valence-corrected chi connectivity index (χ1v) is 11.0. The fraction of sp³-hybridized carbons (Fsp3) is 0.333. The molecule has 4 rings (SSSR count). The molecule has 0 N–H and O–H groups in total. The number of ether oxygens (including phenoxy) is 1. The molecule has 0 saturated carbocycles. The molecule has 0 unspecified atom stereocenters. The van der Waals surface area contributed by atoms with Crippen LogP contribution in [0.5, 0.6) is 5.75 Å². The van der Waals surface area contributed by atoms with E-state index < -0.39 is 23.5 Å². The minimum Gasteiger partial charge on any atom is -0.471 e. The summed E-state index contributed by atoms with van der Waals surface area (Å²) >= 11 is 0. The summed E-state index contributed by atoms with van der Waals surface area (Å²) in [5, 5.41) is 4.15. The number of halogens is 6. The van der Waals surface area contributed by atoms with Crippen LogP contribution >= 0.6 is 0 Å². The van der Waals surface area contributed by atoms with Crippen LogP contribution in [0.2, 0.25) is 0 Å². The number of nitrogens with zero attached hydrogens (tertiary/aromatic N) is 4. The third kappa shape index (κ3) is 6.36. The highest BCUT2D eigenvalue weighted by molar-refractivity contribution is 5.92. The Morgan fingerprint density at radius 1 is 0.861 bits per heavy atom. The topological polar surface area (TPSA) is 50.6 Å². The van der Waals surface area contributed by atoms with Gasteiger partial charge in [0.2, 0.25) is 0 Å². The van der Waals surface area contributed by atoms with Gasteiger partial charge in [0.15, 0.2) is 12.4 Å². The quantitative estimate of drug-likeness (QED) is 0.441. The highest BCUT2D eigenvalue weighted by Gasteiger charge is 2.31. The standard InChI is InChI=1S/C24H22F6N4O2/c25-23(26,27)18-4-1-3-17(13-18)15-32-9-11-33(12-10-32)22(35)21-7-8-34(31-21)16-36-20-6-2-5-19(14-20)24(28,29)30/h1-8,13-14H,9-12,15-16H2. The maximum Gasteiger partial charge on any atom is 0.416 e. The van der Waals surface area contributed by atoms with Crippen LogP contribution in [0.1, 0.15) is 27.2 Å². The molecule has 3 aromatic rings. The van der Waals surface area contributed by atoms with E-state index in [-0.39, 0.29) is 24.1 Å². The van der Waals surface area contributed by atoms with Crippen LogP contribution in [0.4, 0.5) is 26.3 Å². The average molecular weight is 512 g/mol. The van der Waals surface area contributed by atoms with Crippen molar-refractivity contribution < 1.29 is 35.9 Å². The molecule has 1 fully saturated rings. The molecule has 2 aromatic carbocycles. The average Bonchev–Trinajstić information content (AvgIpc) is 3.31. The molecular weight excluding hydrogens is 490 g/mol. The molecule has 0 radical (unpaired) electrons. The summed E-state index contributed by atoms with van der Waals surface area (Å²) in [4.78, 5) is 16.4. The summed E-state index contributed by atoms with van der Waals surface area (Å²) in [7, 11) is 0. The van der Waals surface area contributed by atoms with Gasteiger partial charge in [-0.05, 0) is 35.9 Å². The van der Waals surface area contributed by atoms with Crippen molar-refractivity contribution in [3.05, 3.63) is 83.2 Å². The number of hydrogen-bond acceptors (Lipinski definition) is 4. The van der Waals surface area contributed by atoms with Crippen molar-refractivity contribution in [2.24, 2.45) is 0 Å². The highest BCUT2D eigenvalue weighted by atomic mass is 19.4. The van der Waals surface area contributed by atoms with E-state index in [2.05, 4.69) is 5.10 Å². The molecule has 0 bridgehead atoms. The molecule has 1 amide bonds. The summed E-state index contributed by atoms with van der Waals surface area (Å²) in [6.45, 7) is 1.90. The van der Waals surface area contributed by atoms with Gasteiger partial charge in [-0.15, -0.1) is 0 Å². The van der Waals surface area contributed by atoms with E-state index in [1.807, 2.05) is 4.90 Å². The molecule has 2 heterocycles. The number of carbonyl (C=O) groups is 1. The van der Waals surface area contributed by atoms with E-state index in [4.69, 9.17) is 4.74 Å². The number of carbonyl (C=O) groups excluding carboxylic acids is 1. The predicted molar refractivity (Wildman–Crippen MR) is 117 cm³/mol. The number of amides is 1. The Labute approximate surface area is 202 Å². The zero-order valence-electron chi connectivity index (χ0n) is 18.9. The van der Waals surface area contributed by atoms with Gasteiger partial charge in [0, 0.05) is 38.9 Å². The van der Waals surface area contributed by atoms with Gasteiger partial charge >= 0.3 is 12.4 Å². The maximum atomic E-state index is 12.9. The zero-order valence-corrected chi connectivity index (χ0v) is 18.9. The summed E-state index contributed by atoms with van der Waals surface area (Å²) < 4.78 is 84.0. The molecule has 1 saturated heterocycles. The Bertz CT molecular complexity index is 1200. The molecule has 36 heavy (non-hydrogen) atoms. The fourth-order valence-corrected chi connectivity index (χ4v) is 3.83. The molecule has 1 aliphatic heterocycles. The lowest BCUT2D eigenvalue weighted by Gasteiger charge is -2.34. The van der Waals surface area contributed by atoms with Crippen LogP contribution in [0, 0.1) is 0 Å². The molecule has 1 aliphatic rings. The van der Waals surface area contributed by atoms with Crippen molar-refractivity contribution in [3.63, 3.8) is 0 Å². The van der Waals surface area contributed by atoms with Crippen molar-refractivity contribution in [1.29, 1.82) is 0 Å². The number of benzene rings is 2. The Hall–Kier alpha value is -3.54. The Kier molecular flexibility index (Phi) is 7.25. The number of hydrogen-bond donors (Lipinski definition) is 0. The zero-order chi connectivity index (χ0) is 25.9. The lowest BCUT2D eigenvalue weighted by atomic mass is 10.1. The second-order valence-corrected chi connectivity index (χ2v) is 8.31. The fourth-order valence-electron chi connectivity index (χ4n) is 3.83. The van der Waals surface area contributed by atoms with Crippen LogP contribution in [-0.4, -0.2) is 51.7 Å². The lowest BCUT2D eigenvalue weighted by Crippen LogP contribution is -2.48. The van der Waals surface area contributed by atoms with Crippen molar-refractivity contribution in [3.8, 4) is 5.75 Å². The second-order valence-electron chi connectivity index (χ2n) is 8.31. The lowest BCUT2D eigenvalue weighted by molar-refractivity contribution is -0.138. The molecular formula is C24H22F6N4O2. The molecule has 0 spiro atoms. The first-order valence-electron chi connectivity index (χ1n) is 11.0. The van der Waals surface area contributed by atoms with E-state index in [9.17, 15) is 31.1 Å². The SMILES string of the molecule is O=C(c1ccn(COc2cccc(C(F)(F)F)c2)n1)N1CCN(Cc2cccc(C(F)(F)F)c2)CC1. The molecule has 0 atom stereocenters. The largest absolute Gasteiger partial charge is 0.471 e. The smallest absolute Gasteiger partial charge is 0.416 e. The molecule has 12 heteroatoms. The minimum absolute atomic E-state index is 0.0186. The van der Waals surface area contributed by atoms with E-state index in [1.165, 1.54) is 35.1 Å². The summed E-state index contributed by atoms with van der Waals surface area (Å²) in [6, 6.07) is 11.1. The van der Waals surface area contributed by atoms with Gasteiger partial charge in [-0.25, -0.2) is 4.68 Å². The van der Waals surface area contributed by atoms with Crippen LogP contribution < -0.4 is 4.74 Å². The number of piperazine rings is 1. The van der Waals surface area contributed by atoms with E-state index in [0.29, 0.717) is 38.3 Å². The third-order valence-corrected chi connectivity index (χ3v) is 5.70. The number of rotatable bonds is 6. The third-order valence-electron chi connectivity index (χ3n) is 5.70. The van der Waals surface area contributed by atoms with Gasteiger partial charge in [0.05, 0.1) is 11.1 Å². The van der Waals surface area contributed by atoms with Gasteiger partial charge < -0.3 is 9.64 Å². The maximum absolute atomic E-state index is 12.9. The van der Waals surface area contributed by atoms with Crippen LogP contribution in [0.15, 0.2) is 60.8 Å². The Morgan fingerprint density at radius 3 is 2.17 bits per heavy atom. The monoisotopic (exact) mass is 512 g/mol. The summed E-state index contributed by atoms with van der Waals surface area (Å²) in [6.07, 6.45) is -7.39. The van der Waals surface area contributed by atoms with Crippen molar-refractivity contribution >= 4 is 5.91 Å². The van der Waals surface area contributed by atoms with Gasteiger partial charge in [-0.2, -0.15) is 31.4 Å². The Morgan fingerprint density at radius 2 is 1.50 bits per heavy atom. The summed E-state index contributed by atoms with van der Waals surface area (Å²) in [5.74, 6) is -0.295. The first-order chi connectivity index (χ1) is 17.0. The molecule has 0 aliphatic carbocycles. The summed E-state index contributed by atoms with van der Waals surface area (Å²) in [5.41, 5.74) is -0.817. The van der Waals surface area contributed by atoms with Crippen molar-refractivity contribution in [2.45, 2.75) is 25.6 Å². The highest BCUT2D eigenvalue weighted by Crippen LogP contribution is 2.31. The van der Waals surface area contributed by atoms with Crippen molar-refractivity contribution in [1.82, 2.24) is 19.6 Å². The first kappa shape index (κ1) is 25.5. The number of aromatic nitrogens is 2.